The molecular formula is C12H21N3O5. The summed E-state index contributed by atoms with van der Waals surface area (Å²) in [6.07, 6.45) is -0.241. The molecule has 0 aliphatic carbocycles. The maximum Gasteiger partial charge on any atom is 0.326 e. The lowest BCUT2D eigenvalue weighted by Crippen LogP contribution is -2.47. The van der Waals surface area contributed by atoms with Crippen molar-refractivity contribution in [3.05, 3.63) is 0 Å². The van der Waals surface area contributed by atoms with E-state index in [1.54, 1.807) is 20.8 Å². The Morgan fingerprint density at radius 1 is 1.20 bits per heavy atom. The van der Waals surface area contributed by atoms with Gasteiger partial charge < -0.3 is 21.5 Å². The maximum atomic E-state index is 11.5. The summed E-state index contributed by atoms with van der Waals surface area (Å²) in [5, 5.41) is 13.5. The van der Waals surface area contributed by atoms with Crippen LogP contribution in [0.3, 0.4) is 0 Å². The van der Waals surface area contributed by atoms with Crippen molar-refractivity contribution in [1.82, 2.24) is 10.6 Å². The Kier molecular flexibility index (Phi) is 6.67. The van der Waals surface area contributed by atoms with Crippen LogP contribution in [0.15, 0.2) is 0 Å². The fourth-order valence-corrected chi connectivity index (χ4v) is 1.22. The van der Waals surface area contributed by atoms with Crippen molar-refractivity contribution in [3.8, 4) is 0 Å². The monoisotopic (exact) mass is 287 g/mol. The molecule has 8 nitrogen and oxygen atoms in total. The summed E-state index contributed by atoms with van der Waals surface area (Å²) >= 11 is 0. The van der Waals surface area contributed by atoms with Gasteiger partial charge in [0.05, 0.1) is 6.54 Å². The lowest BCUT2D eigenvalue weighted by atomic mass is 9.96. The van der Waals surface area contributed by atoms with Gasteiger partial charge in [-0.3, -0.25) is 14.4 Å². The van der Waals surface area contributed by atoms with Crippen LogP contribution in [-0.2, 0) is 19.2 Å². The molecule has 1 unspecified atom stereocenters. The smallest absolute Gasteiger partial charge is 0.326 e. The standard InChI is InChI=1S/C12H21N3O5/c1-12(2,3)11(20)14-6-9(17)15-7(10(18)19)4-5-8(13)16/h7H,4-6H2,1-3H3,(H2,13,16)(H,14,20)(H,15,17)(H,18,19). The molecule has 0 aromatic rings. The SMILES string of the molecule is CC(C)(C)C(=O)NCC(=O)NC(CCC(N)=O)C(=O)O. The molecule has 0 heterocycles. The van der Waals surface area contributed by atoms with E-state index in [1.165, 1.54) is 0 Å². The third-order valence-electron chi connectivity index (χ3n) is 2.40. The molecule has 0 aromatic carbocycles. The first kappa shape index (κ1) is 17.9. The maximum absolute atomic E-state index is 11.5. The number of carboxylic acid groups (broad SMARTS) is 1. The summed E-state index contributed by atoms with van der Waals surface area (Å²) in [6, 6.07) is -1.21. The van der Waals surface area contributed by atoms with Crippen molar-refractivity contribution in [2.24, 2.45) is 11.1 Å². The second-order valence-electron chi connectivity index (χ2n) is 5.40. The van der Waals surface area contributed by atoms with E-state index in [0.717, 1.165) is 0 Å². The minimum absolute atomic E-state index is 0.0936. The van der Waals surface area contributed by atoms with Crippen molar-refractivity contribution in [3.63, 3.8) is 0 Å². The van der Waals surface area contributed by atoms with E-state index >= 15 is 0 Å². The molecule has 8 heteroatoms. The molecule has 0 aliphatic heterocycles. The van der Waals surface area contributed by atoms with E-state index in [2.05, 4.69) is 10.6 Å². The first-order valence-corrected chi connectivity index (χ1v) is 6.13. The summed E-state index contributed by atoms with van der Waals surface area (Å²) in [7, 11) is 0. The topological polar surface area (TPSA) is 139 Å². The molecular weight excluding hydrogens is 266 g/mol. The summed E-state index contributed by atoms with van der Waals surface area (Å²) in [6.45, 7) is 4.74. The fourth-order valence-electron chi connectivity index (χ4n) is 1.22. The van der Waals surface area contributed by atoms with Gasteiger partial charge in [0.25, 0.3) is 0 Å². The highest BCUT2D eigenvalue weighted by molar-refractivity contribution is 5.89. The van der Waals surface area contributed by atoms with Crippen LogP contribution < -0.4 is 16.4 Å². The number of nitrogens with two attached hydrogens (primary N) is 1. The molecule has 5 N–H and O–H groups in total. The predicted molar refractivity (Wildman–Crippen MR) is 70.5 cm³/mol. The molecule has 114 valence electrons. The Morgan fingerprint density at radius 3 is 2.15 bits per heavy atom. The van der Waals surface area contributed by atoms with Crippen LogP contribution >= 0.6 is 0 Å². The zero-order chi connectivity index (χ0) is 15.9. The molecule has 0 fully saturated rings. The number of carbonyl (C=O) groups excluding carboxylic acids is 3. The van der Waals surface area contributed by atoms with Gasteiger partial charge in [-0.25, -0.2) is 4.79 Å². The Balaban J connectivity index is 4.30. The molecule has 1 atom stereocenters. The van der Waals surface area contributed by atoms with Gasteiger partial charge in [-0.1, -0.05) is 20.8 Å². The number of carboxylic acids is 1. The number of primary amides is 1. The average molecular weight is 287 g/mol. The number of hydrogen-bond acceptors (Lipinski definition) is 4. The number of carbonyl (C=O) groups is 4. The second kappa shape index (κ2) is 7.46. The summed E-state index contributed by atoms with van der Waals surface area (Å²) in [5.41, 5.74) is 4.28. The van der Waals surface area contributed by atoms with Crippen LogP contribution in [0.2, 0.25) is 0 Å². The lowest BCUT2D eigenvalue weighted by Gasteiger charge is -2.18. The molecule has 0 spiro atoms. The van der Waals surface area contributed by atoms with E-state index in [9.17, 15) is 19.2 Å². The third-order valence-corrected chi connectivity index (χ3v) is 2.40. The van der Waals surface area contributed by atoms with Gasteiger partial charge in [0.1, 0.15) is 6.04 Å². The van der Waals surface area contributed by atoms with E-state index in [0.29, 0.717) is 0 Å². The highest BCUT2D eigenvalue weighted by Crippen LogP contribution is 2.11. The molecule has 20 heavy (non-hydrogen) atoms. The summed E-state index contributed by atoms with van der Waals surface area (Å²) in [4.78, 5) is 44.6. The van der Waals surface area contributed by atoms with Crippen LogP contribution in [0, 0.1) is 5.41 Å². The van der Waals surface area contributed by atoms with Crippen molar-refractivity contribution in [1.29, 1.82) is 0 Å². The average Bonchev–Trinajstić information content (AvgIpc) is 2.29. The highest BCUT2D eigenvalue weighted by Gasteiger charge is 2.23. The van der Waals surface area contributed by atoms with Crippen LogP contribution in [0.5, 0.6) is 0 Å². The van der Waals surface area contributed by atoms with E-state index < -0.39 is 29.2 Å². The zero-order valence-corrected chi connectivity index (χ0v) is 11.9. The Bertz CT molecular complexity index is 400. The van der Waals surface area contributed by atoms with Gasteiger partial charge in [0.2, 0.25) is 17.7 Å². The number of aliphatic carboxylic acids is 1. The van der Waals surface area contributed by atoms with Gasteiger partial charge in [0.15, 0.2) is 0 Å². The van der Waals surface area contributed by atoms with Gasteiger partial charge in [-0.2, -0.15) is 0 Å². The second-order valence-corrected chi connectivity index (χ2v) is 5.40. The van der Waals surface area contributed by atoms with E-state index in [-0.39, 0.29) is 25.3 Å². The predicted octanol–water partition coefficient (Wildman–Crippen LogP) is -1.02. The normalized spacial score (nSPS) is 12.3. The molecule has 0 rings (SSSR count). The molecule has 0 radical (unpaired) electrons. The molecule has 0 bridgehead atoms. The molecule has 0 saturated carbocycles. The van der Waals surface area contributed by atoms with Crippen molar-refractivity contribution in [2.45, 2.75) is 39.7 Å². The largest absolute Gasteiger partial charge is 0.480 e. The van der Waals surface area contributed by atoms with Crippen LogP contribution in [0.4, 0.5) is 0 Å². The first-order valence-electron chi connectivity index (χ1n) is 6.13. The number of rotatable bonds is 7. The van der Waals surface area contributed by atoms with Gasteiger partial charge >= 0.3 is 5.97 Å². The molecule has 0 aromatic heterocycles. The fraction of sp³-hybridized carbons (Fsp3) is 0.667. The van der Waals surface area contributed by atoms with Crippen LogP contribution in [-0.4, -0.2) is 41.4 Å². The van der Waals surface area contributed by atoms with Crippen molar-refractivity contribution < 1.29 is 24.3 Å². The molecule has 3 amide bonds. The quantitative estimate of drug-likeness (QED) is 0.475. The minimum atomic E-state index is -1.26. The van der Waals surface area contributed by atoms with Gasteiger partial charge in [-0.05, 0) is 6.42 Å². The minimum Gasteiger partial charge on any atom is -0.480 e. The van der Waals surface area contributed by atoms with E-state index in [1.807, 2.05) is 0 Å². The van der Waals surface area contributed by atoms with Gasteiger partial charge in [-0.15, -0.1) is 0 Å². The molecule has 0 saturated heterocycles. The van der Waals surface area contributed by atoms with Crippen molar-refractivity contribution in [2.75, 3.05) is 6.54 Å². The summed E-state index contributed by atoms with van der Waals surface area (Å²) in [5.74, 6) is -2.87. The number of hydrogen-bond donors (Lipinski definition) is 4. The van der Waals surface area contributed by atoms with Gasteiger partial charge in [0, 0.05) is 11.8 Å². The highest BCUT2D eigenvalue weighted by atomic mass is 16.4. The van der Waals surface area contributed by atoms with Crippen molar-refractivity contribution >= 4 is 23.7 Å². The van der Waals surface area contributed by atoms with Crippen LogP contribution in [0.25, 0.3) is 0 Å². The number of nitrogens with one attached hydrogen (secondary N) is 2. The first-order chi connectivity index (χ1) is 9.04. The zero-order valence-electron chi connectivity index (χ0n) is 11.9. The lowest BCUT2D eigenvalue weighted by molar-refractivity contribution is -0.142. The number of amides is 3. The summed E-state index contributed by atoms with van der Waals surface area (Å²) < 4.78 is 0. The third kappa shape index (κ3) is 7.34. The molecule has 0 aliphatic rings. The Labute approximate surface area is 117 Å². The van der Waals surface area contributed by atoms with Crippen LogP contribution in [0.1, 0.15) is 33.6 Å². The Hall–Kier alpha value is -2.12. The Morgan fingerprint density at radius 2 is 1.75 bits per heavy atom. The van der Waals surface area contributed by atoms with E-state index in [4.69, 9.17) is 10.8 Å².